The van der Waals surface area contributed by atoms with Crippen molar-refractivity contribution < 1.29 is 4.79 Å². The zero-order valence-electron chi connectivity index (χ0n) is 15.7. The lowest BCUT2D eigenvalue weighted by Crippen LogP contribution is -2.47. The molecule has 0 radical (unpaired) electrons. The molecule has 4 heteroatoms. The Balaban J connectivity index is 2.05. The summed E-state index contributed by atoms with van der Waals surface area (Å²) in [5.74, 6) is 0.809. The molecule has 1 atom stereocenters. The van der Waals surface area contributed by atoms with E-state index in [1.54, 1.807) is 0 Å². The number of rotatable bonds is 6. The number of carbonyl (C=O) groups excluding carboxylic acids is 1. The first-order valence-electron chi connectivity index (χ1n) is 9.36. The van der Waals surface area contributed by atoms with Gasteiger partial charge in [-0.1, -0.05) is 37.3 Å². The smallest absolute Gasteiger partial charge is 0.317 e. The van der Waals surface area contributed by atoms with E-state index in [2.05, 4.69) is 61.3 Å². The Hall–Kier alpha value is -1.55. The highest BCUT2D eigenvalue weighted by Gasteiger charge is 2.25. The summed E-state index contributed by atoms with van der Waals surface area (Å²) in [6.07, 6.45) is 2.48. The molecule has 0 bridgehead atoms. The molecule has 0 spiro atoms. The van der Waals surface area contributed by atoms with Gasteiger partial charge in [0, 0.05) is 19.1 Å². The normalized spacial score (nSPS) is 17.7. The van der Waals surface area contributed by atoms with Gasteiger partial charge in [-0.25, -0.2) is 4.79 Å². The zero-order valence-corrected chi connectivity index (χ0v) is 15.7. The van der Waals surface area contributed by atoms with E-state index in [-0.39, 0.29) is 18.1 Å². The first kappa shape index (κ1) is 18.8. The maximum atomic E-state index is 12.5. The van der Waals surface area contributed by atoms with Crippen molar-refractivity contribution in [3.63, 3.8) is 0 Å². The van der Waals surface area contributed by atoms with Gasteiger partial charge in [0.05, 0.1) is 6.04 Å². The van der Waals surface area contributed by atoms with Crippen molar-refractivity contribution >= 4 is 6.03 Å². The molecule has 1 aromatic rings. The third-order valence-corrected chi connectivity index (χ3v) is 5.11. The summed E-state index contributed by atoms with van der Waals surface area (Å²) >= 11 is 0. The van der Waals surface area contributed by atoms with Gasteiger partial charge in [-0.3, -0.25) is 4.90 Å². The molecule has 2 rings (SSSR count). The van der Waals surface area contributed by atoms with Gasteiger partial charge in [0.25, 0.3) is 0 Å². The summed E-state index contributed by atoms with van der Waals surface area (Å²) in [6, 6.07) is 11.1. The number of carbonyl (C=O) groups is 1. The van der Waals surface area contributed by atoms with E-state index in [0.29, 0.717) is 6.54 Å². The standard InChI is InChI=1S/C20H33N3O/c1-5-23(16(2)3)20(24)21-15-19(18-9-7-6-8-10-18)22-13-11-17(4)12-14-22/h6-10,16-17,19H,5,11-15H2,1-4H3,(H,21,24)/t19-/m1/s1. The van der Waals surface area contributed by atoms with Crippen LogP contribution in [0.4, 0.5) is 4.79 Å². The summed E-state index contributed by atoms with van der Waals surface area (Å²) < 4.78 is 0. The van der Waals surface area contributed by atoms with Crippen molar-refractivity contribution in [1.29, 1.82) is 0 Å². The minimum Gasteiger partial charge on any atom is -0.336 e. The number of nitrogens with zero attached hydrogens (tertiary/aromatic N) is 2. The van der Waals surface area contributed by atoms with Crippen molar-refractivity contribution in [3.8, 4) is 0 Å². The molecule has 1 aromatic carbocycles. The number of urea groups is 1. The van der Waals surface area contributed by atoms with Crippen molar-refractivity contribution in [2.75, 3.05) is 26.2 Å². The fraction of sp³-hybridized carbons (Fsp3) is 0.650. The van der Waals surface area contributed by atoms with E-state index >= 15 is 0 Å². The Morgan fingerprint density at radius 3 is 2.42 bits per heavy atom. The van der Waals surface area contributed by atoms with Crippen LogP contribution >= 0.6 is 0 Å². The highest BCUT2D eigenvalue weighted by Crippen LogP contribution is 2.26. The average Bonchev–Trinajstić information content (AvgIpc) is 2.58. The molecular formula is C20H33N3O. The molecule has 1 heterocycles. The second-order valence-electron chi connectivity index (χ2n) is 7.21. The maximum Gasteiger partial charge on any atom is 0.317 e. The Morgan fingerprint density at radius 2 is 1.88 bits per heavy atom. The number of piperidine rings is 1. The molecule has 24 heavy (non-hydrogen) atoms. The van der Waals surface area contributed by atoms with E-state index in [4.69, 9.17) is 0 Å². The number of amides is 2. The van der Waals surface area contributed by atoms with E-state index in [0.717, 1.165) is 25.6 Å². The van der Waals surface area contributed by atoms with Gasteiger partial charge in [-0.05, 0) is 58.2 Å². The van der Waals surface area contributed by atoms with Crippen LogP contribution in [-0.2, 0) is 0 Å². The second-order valence-corrected chi connectivity index (χ2v) is 7.21. The van der Waals surface area contributed by atoms with Crippen molar-refractivity contribution in [2.24, 2.45) is 5.92 Å². The Kier molecular flexibility index (Phi) is 7.10. The molecule has 1 aliphatic heterocycles. The predicted molar refractivity (Wildman–Crippen MR) is 100 cm³/mol. The van der Waals surface area contributed by atoms with Crippen LogP contribution < -0.4 is 5.32 Å². The number of hydrogen-bond acceptors (Lipinski definition) is 2. The lowest BCUT2D eigenvalue weighted by atomic mass is 9.95. The van der Waals surface area contributed by atoms with Gasteiger partial charge in [0.2, 0.25) is 0 Å². The maximum absolute atomic E-state index is 12.5. The average molecular weight is 332 g/mol. The van der Waals surface area contributed by atoms with Crippen LogP contribution in [0.25, 0.3) is 0 Å². The third-order valence-electron chi connectivity index (χ3n) is 5.11. The van der Waals surface area contributed by atoms with Gasteiger partial charge >= 0.3 is 6.03 Å². The quantitative estimate of drug-likeness (QED) is 0.858. The summed E-state index contributed by atoms with van der Waals surface area (Å²) in [7, 11) is 0. The molecule has 1 N–H and O–H groups in total. The van der Waals surface area contributed by atoms with Crippen LogP contribution in [0.15, 0.2) is 30.3 Å². The summed E-state index contributed by atoms with van der Waals surface area (Å²) in [5, 5.41) is 3.17. The van der Waals surface area contributed by atoms with Crippen molar-refractivity contribution in [3.05, 3.63) is 35.9 Å². The van der Waals surface area contributed by atoms with Crippen LogP contribution in [0.5, 0.6) is 0 Å². The molecule has 0 saturated carbocycles. The first-order valence-corrected chi connectivity index (χ1v) is 9.36. The molecule has 134 valence electrons. The summed E-state index contributed by atoms with van der Waals surface area (Å²) in [4.78, 5) is 16.9. The van der Waals surface area contributed by atoms with E-state index < -0.39 is 0 Å². The lowest BCUT2D eigenvalue weighted by molar-refractivity contribution is 0.132. The van der Waals surface area contributed by atoms with Crippen molar-refractivity contribution in [1.82, 2.24) is 15.1 Å². The zero-order chi connectivity index (χ0) is 17.5. The summed E-state index contributed by atoms with van der Waals surface area (Å²) in [5.41, 5.74) is 1.29. The van der Waals surface area contributed by atoms with Crippen LogP contribution in [0, 0.1) is 5.92 Å². The molecule has 4 nitrogen and oxygen atoms in total. The first-order chi connectivity index (χ1) is 11.5. The Bertz CT molecular complexity index is 495. The molecule has 1 aliphatic rings. The van der Waals surface area contributed by atoms with Crippen LogP contribution in [-0.4, -0.2) is 48.1 Å². The Labute approximate surface area is 147 Å². The van der Waals surface area contributed by atoms with Gasteiger partial charge in [-0.2, -0.15) is 0 Å². The number of hydrogen-bond donors (Lipinski definition) is 1. The summed E-state index contributed by atoms with van der Waals surface area (Å²) in [6.45, 7) is 12.1. The monoisotopic (exact) mass is 331 g/mol. The third kappa shape index (κ3) is 4.97. The van der Waals surface area contributed by atoms with Gasteiger partial charge in [0.15, 0.2) is 0 Å². The number of likely N-dealkylation sites (tertiary alicyclic amines) is 1. The minimum atomic E-state index is 0.0406. The van der Waals surface area contributed by atoms with Crippen molar-refractivity contribution in [2.45, 2.75) is 52.6 Å². The molecule has 1 fully saturated rings. The SMILES string of the molecule is CCN(C(=O)NC[C@H](c1ccccc1)N1CCC(C)CC1)C(C)C. The fourth-order valence-electron chi connectivity index (χ4n) is 3.50. The topological polar surface area (TPSA) is 35.6 Å². The van der Waals surface area contributed by atoms with E-state index in [1.807, 2.05) is 11.8 Å². The molecule has 0 aliphatic carbocycles. The molecule has 1 saturated heterocycles. The molecule has 0 unspecified atom stereocenters. The highest BCUT2D eigenvalue weighted by molar-refractivity contribution is 5.74. The molecule has 0 aromatic heterocycles. The van der Waals surface area contributed by atoms with Crippen LogP contribution in [0.3, 0.4) is 0 Å². The second kappa shape index (κ2) is 9.07. The van der Waals surface area contributed by atoms with Crippen LogP contribution in [0.2, 0.25) is 0 Å². The van der Waals surface area contributed by atoms with Gasteiger partial charge in [-0.15, -0.1) is 0 Å². The number of nitrogens with one attached hydrogen (secondary N) is 1. The minimum absolute atomic E-state index is 0.0406. The molecular weight excluding hydrogens is 298 g/mol. The number of benzene rings is 1. The lowest BCUT2D eigenvalue weighted by Gasteiger charge is -2.37. The van der Waals surface area contributed by atoms with Gasteiger partial charge < -0.3 is 10.2 Å². The molecule has 2 amide bonds. The van der Waals surface area contributed by atoms with E-state index in [9.17, 15) is 4.79 Å². The highest BCUT2D eigenvalue weighted by atomic mass is 16.2. The van der Waals surface area contributed by atoms with E-state index in [1.165, 1.54) is 18.4 Å². The fourth-order valence-corrected chi connectivity index (χ4v) is 3.50. The van der Waals surface area contributed by atoms with Gasteiger partial charge in [0.1, 0.15) is 0 Å². The van der Waals surface area contributed by atoms with Crippen LogP contribution in [0.1, 0.15) is 52.1 Å². The predicted octanol–water partition coefficient (Wildman–Crippen LogP) is 3.90. The largest absolute Gasteiger partial charge is 0.336 e. The Morgan fingerprint density at radius 1 is 1.25 bits per heavy atom.